The molecule has 0 atom stereocenters. The van der Waals surface area contributed by atoms with Crippen LogP contribution in [0.2, 0.25) is 10.0 Å². The summed E-state index contributed by atoms with van der Waals surface area (Å²) in [5.41, 5.74) is 2.64. The Balaban J connectivity index is 1.37. The van der Waals surface area contributed by atoms with Crippen molar-refractivity contribution in [3.63, 3.8) is 0 Å². The van der Waals surface area contributed by atoms with Crippen molar-refractivity contribution in [1.82, 2.24) is 20.1 Å². The predicted octanol–water partition coefficient (Wildman–Crippen LogP) is 3.16. The number of nitrogens with zero attached hydrogens (tertiary/aromatic N) is 4. The van der Waals surface area contributed by atoms with E-state index in [-0.39, 0.29) is 5.91 Å². The Hall–Kier alpha value is -2.31. The van der Waals surface area contributed by atoms with Crippen molar-refractivity contribution in [2.24, 2.45) is 0 Å². The van der Waals surface area contributed by atoms with E-state index in [4.69, 9.17) is 23.2 Å². The second-order valence-corrected chi connectivity index (χ2v) is 7.08. The number of H-pyrrole nitrogens is 1. The van der Waals surface area contributed by atoms with Gasteiger partial charge in [0, 0.05) is 26.2 Å². The number of carbonyl (C=O) groups excluding carboxylic acids is 1. The lowest BCUT2D eigenvalue weighted by Crippen LogP contribution is -2.49. The third-order valence-corrected chi connectivity index (χ3v) is 5.32. The quantitative estimate of drug-likeness (QED) is 0.746. The number of piperazine rings is 1. The zero-order chi connectivity index (χ0) is 18.1. The van der Waals surface area contributed by atoms with Gasteiger partial charge in [-0.3, -0.25) is 9.89 Å². The molecule has 8 heteroatoms. The van der Waals surface area contributed by atoms with E-state index in [1.54, 1.807) is 18.3 Å². The zero-order valence-electron chi connectivity index (χ0n) is 14.0. The summed E-state index contributed by atoms with van der Waals surface area (Å²) in [6, 6.07) is 9.27. The van der Waals surface area contributed by atoms with E-state index in [1.165, 1.54) is 0 Å². The summed E-state index contributed by atoms with van der Waals surface area (Å²) in [5.74, 6) is 1.01. The summed E-state index contributed by atoms with van der Waals surface area (Å²) < 4.78 is 0. The van der Waals surface area contributed by atoms with Crippen molar-refractivity contribution in [2.45, 2.75) is 6.42 Å². The Morgan fingerprint density at radius 1 is 1.08 bits per heavy atom. The number of hydrogen-bond donors (Lipinski definition) is 1. The Labute approximate surface area is 160 Å². The van der Waals surface area contributed by atoms with E-state index < -0.39 is 0 Å². The van der Waals surface area contributed by atoms with Crippen LogP contribution in [0.5, 0.6) is 0 Å². The van der Waals surface area contributed by atoms with Crippen LogP contribution in [0.25, 0.3) is 11.0 Å². The van der Waals surface area contributed by atoms with Crippen LogP contribution in [0, 0.1) is 0 Å². The third-order valence-electron chi connectivity index (χ3n) is 4.58. The minimum atomic E-state index is 0.0984. The fourth-order valence-electron chi connectivity index (χ4n) is 3.12. The Morgan fingerprint density at radius 3 is 2.65 bits per heavy atom. The molecule has 1 amide bonds. The first-order chi connectivity index (χ1) is 12.6. The van der Waals surface area contributed by atoms with Gasteiger partial charge in [0.1, 0.15) is 11.3 Å². The molecular formula is C18H17Cl2N5O. The van der Waals surface area contributed by atoms with Gasteiger partial charge in [0.2, 0.25) is 5.91 Å². The molecule has 0 aliphatic carbocycles. The van der Waals surface area contributed by atoms with Crippen LogP contribution in [-0.4, -0.2) is 52.2 Å². The minimum Gasteiger partial charge on any atom is -0.353 e. The van der Waals surface area contributed by atoms with Crippen molar-refractivity contribution in [2.75, 3.05) is 31.1 Å². The number of halogens is 2. The van der Waals surface area contributed by atoms with Gasteiger partial charge < -0.3 is 9.80 Å². The van der Waals surface area contributed by atoms with Gasteiger partial charge in [-0.25, -0.2) is 4.98 Å². The molecule has 3 heterocycles. The first kappa shape index (κ1) is 17.1. The average molecular weight is 390 g/mol. The number of hydrogen-bond acceptors (Lipinski definition) is 4. The van der Waals surface area contributed by atoms with Gasteiger partial charge in [0.25, 0.3) is 0 Å². The molecular weight excluding hydrogens is 373 g/mol. The van der Waals surface area contributed by atoms with Crippen molar-refractivity contribution in [3.8, 4) is 0 Å². The number of aromatic nitrogens is 3. The molecule has 26 heavy (non-hydrogen) atoms. The summed E-state index contributed by atoms with van der Waals surface area (Å²) in [5, 5.41) is 7.87. The largest absolute Gasteiger partial charge is 0.353 e. The number of aromatic amines is 1. The SMILES string of the molecule is O=C(Cc1ccc(Cl)c(Cl)c1)N1CCN(c2ccc3[nH]ncc3n2)CC1. The lowest BCUT2D eigenvalue weighted by atomic mass is 10.1. The molecule has 4 rings (SSSR count). The molecule has 1 fully saturated rings. The molecule has 1 aromatic carbocycles. The topological polar surface area (TPSA) is 65.1 Å². The van der Waals surface area contributed by atoms with Crippen molar-refractivity contribution < 1.29 is 4.79 Å². The van der Waals surface area contributed by atoms with Crippen LogP contribution in [0.4, 0.5) is 5.82 Å². The van der Waals surface area contributed by atoms with Crippen LogP contribution in [-0.2, 0) is 11.2 Å². The minimum absolute atomic E-state index is 0.0984. The maximum atomic E-state index is 12.6. The summed E-state index contributed by atoms with van der Waals surface area (Å²) >= 11 is 12.0. The average Bonchev–Trinajstić information content (AvgIpc) is 3.12. The molecule has 0 radical (unpaired) electrons. The normalized spacial score (nSPS) is 14.8. The van der Waals surface area contributed by atoms with Crippen LogP contribution in [0.15, 0.2) is 36.5 Å². The smallest absolute Gasteiger partial charge is 0.227 e. The second kappa shape index (κ2) is 7.13. The van der Waals surface area contributed by atoms with Gasteiger partial charge in [-0.1, -0.05) is 29.3 Å². The number of fused-ring (bicyclic) bond motifs is 1. The fraction of sp³-hybridized carbons (Fsp3) is 0.278. The van der Waals surface area contributed by atoms with E-state index in [9.17, 15) is 4.79 Å². The number of rotatable bonds is 3. The highest BCUT2D eigenvalue weighted by Crippen LogP contribution is 2.23. The number of amides is 1. The number of carbonyl (C=O) groups is 1. The number of nitrogens with one attached hydrogen (secondary N) is 1. The van der Waals surface area contributed by atoms with Crippen LogP contribution >= 0.6 is 23.2 Å². The van der Waals surface area contributed by atoms with Gasteiger partial charge in [-0.2, -0.15) is 5.10 Å². The highest BCUT2D eigenvalue weighted by molar-refractivity contribution is 6.42. The highest BCUT2D eigenvalue weighted by atomic mass is 35.5. The van der Waals surface area contributed by atoms with Gasteiger partial charge in [-0.15, -0.1) is 0 Å². The summed E-state index contributed by atoms with van der Waals surface area (Å²) in [6.07, 6.45) is 2.05. The van der Waals surface area contributed by atoms with Gasteiger partial charge >= 0.3 is 0 Å². The third kappa shape index (κ3) is 3.48. The first-order valence-electron chi connectivity index (χ1n) is 8.37. The summed E-state index contributed by atoms with van der Waals surface area (Å²) in [7, 11) is 0. The molecule has 6 nitrogen and oxygen atoms in total. The molecule has 1 saturated heterocycles. The van der Waals surface area contributed by atoms with E-state index >= 15 is 0 Å². The molecule has 0 bridgehead atoms. The molecule has 1 aliphatic heterocycles. The Bertz CT molecular complexity index is 950. The lowest BCUT2D eigenvalue weighted by Gasteiger charge is -2.35. The van der Waals surface area contributed by atoms with Gasteiger partial charge in [0.05, 0.1) is 28.2 Å². The number of pyridine rings is 1. The van der Waals surface area contributed by atoms with Gasteiger partial charge in [0.15, 0.2) is 0 Å². The maximum absolute atomic E-state index is 12.6. The van der Waals surface area contributed by atoms with E-state index in [0.29, 0.717) is 29.6 Å². The fourth-order valence-corrected chi connectivity index (χ4v) is 3.44. The van der Waals surface area contributed by atoms with Crippen LogP contribution in [0.3, 0.4) is 0 Å². The van der Waals surface area contributed by atoms with E-state index in [2.05, 4.69) is 20.1 Å². The predicted molar refractivity (Wildman–Crippen MR) is 103 cm³/mol. The molecule has 0 spiro atoms. The molecule has 1 N–H and O–H groups in total. The highest BCUT2D eigenvalue weighted by Gasteiger charge is 2.22. The van der Waals surface area contributed by atoms with Crippen molar-refractivity contribution >= 4 is 46.0 Å². The number of anilines is 1. The lowest BCUT2D eigenvalue weighted by molar-refractivity contribution is -0.130. The molecule has 0 saturated carbocycles. The summed E-state index contributed by atoms with van der Waals surface area (Å²) in [6.45, 7) is 2.85. The summed E-state index contributed by atoms with van der Waals surface area (Å²) in [4.78, 5) is 21.2. The Kier molecular flexibility index (Phi) is 4.70. The maximum Gasteiger partial charge on any atom is 0.227 e. The van der Waals surface area contributed by atoms with E-state index in [0.717, 1.165) is 35.5 Å². The molecule has 3 aromatic rings. The molecule has 0 unspecified atom stereocenters. The monoisotopic (exact) mass is 389 g/mol. The van der Waals surface area contributed by atoms with E-state index in [1.807, 2.05) is 23.1 Å². The van der Waals surface area contributed by atoms with Crippen LogP contribution in [0.1, 0.15) is 5.56 Å². The second-order valence-electron chi connectivity index (χ2n) is 6.27. The number of benzene rings is 1. The first-order valence-corrected chi connectivity index (χ1v) is 9.12. The standard InChI is InChI=1S/C18H17Cl2N5O/c19-13-2-1-12(9-14(13)20)10-18(26)25-7-5-24(6-8-25)17-4-3-15-16(22-17)11-21-23-15/h1-4,9,11H,5-8,10H2,(H,21,23). The Morgan fingerprint density at radius 2 is 1.88 bits per heavy atom. The molecule has 1 aliphatic rings. The zero-order valence-corrected chi connectivity index (χ0v) is 15.5. The van der Waals surface area contributed by atoms with Crippen LogP contribution < -0.4 is 4.90 Å². The molecule has 134 valence electrons. The molecule has 2 aromatic heterocycles. The van der Waals surface area contributed by atoms with Crippen molar-refractivity contribution in [1.29, 1.82) is 0 Å². The van der Waals surface area contributed by atoms with Crippen molar-refractivity contribution in [3.05, 3.63) is 52.1 Å². The van der Waals surface area contributed by atoms with Gasteiger partial charge in [-0.05, 0) is 29.8 Å².